The van der Waals surface area contributed by atoms with Crippen LogP contribution in [0.3, 0.4) is 0 Å². The average molecular weight is 462 g/mol. The van der Waals surface area contributed by atoms with Crippen molar-refractivity contribution in [2.24, 2.45) is 10.9 Å². The lowest BCUT2D eigenvalue weighted by molar-refractivity contribution is 0.174. The van der Waals surface area contributed by atoms with Gasteiger partial charge in [-0.15, -0.1) is 12.4 Å². The van der Waals surface area contributed by atoms with Crippen molar-refractivity contribution in [2.75, 3.05) is 0 Å². The van der Waals surface area contributed by atoms with Crippen LogP contribution in [0.1, 0.15) is 31.7 Å². The number of nitrogens with zero attached hydrogens (tertiary/aromatic N) is 1. The highest BCUT2D eigenvalue weighted by Gasteiger charge is 2.20. The van der Waals surface area contributed by atoms with E-state index in [1.807, 2.05) is 6.92 Å². The summed E-state index contributed by atoms with van der Waals surface area (Å²) in [5, 5.41) is 6.47. The van der Waals surface area contributed by atoms with Crippen LogP contribution in [0.2, 0.25) is 5.02 Å². The number of halogens is 2. The summed E-state index contributed by atoms with van der Waals surface area (Å²) in [6.45, 7) is 3.89. The van der Waals surface area contributed by atoms with Gasteiger partial charge in [-0.05, 0) is 43.2 Å². The second-order valence-corrected chi connectivity index (χ2v) is 8.07. The second kappa shape index (κ2) is 11.7. The van der Waals surface area contributed by atoms with Gasteiger partial charge < -0.3 is 20.1 Å². The molecule has 0 bridgehead atoms. The van der Waals surface area contributed by atoms with Crippen LogP contribution >= 0.6 is 24.0 Å². The Labute approximate surface area is 182 Å². The van der Waals surface area contributed by atoms with Crippen LogP contribution in [0.25, 0.3) is 0 Å². The molecule has 2 rings (SSSR count). The molecule has 0 radical (unpaired) electrons. The molecule has 0 aliphatic heterocycles. The summed E-state index contributed by atoms with van der Waals surface area (Å²) >= 11 is 5.99. The van der Waals surface area contributed by atoms with Crippen molar-refractivity contribution in [1.29, 1.82) is 0 Å². The van der Waals surface area contributed by atoms with Crippen molar-refractivity contribution in [3.8, 4) is 11.5 Å². The van der Waals surface area contributed by atoms with E-state index in [0.29, 0.717) is 5.75 Å². The van der Waals surface area contributed by atoms with Gasteiger partial charge in [0.05, 0.1) is 5.02 Å². The van der Waals surface area contributed by atoms with Crippen LogP contribution in [0.5, 0.6) is 11.5 Å². The fourth-order valence-electron chi connectivity index (χ4n) is 2.51. The number of hydrogen-bond donors (Lipinski definition) is 2. The smallest absolute Gasteiger partial charge is 0.340 e. The molecule has 10 heteroatoms. The van der Waals surface area contributed by atoms with Crippen molar-refractivity contribution in [1.82, 2.24) is 5.32 Å². The standard InChI is InChI=1S/C19H24ClN3O4S.ClH/c1-3-4-9-19(22-13-23-21)26-15-10-14(2)11-16(12-15)27-28(24,25)18-8-6-5-7-17(18)20;/h5-8,10-13,19H,3-4,9,21H2,1-2H3,(H,22,23);1H. The van der Waals surface area contributed by atoms with Gasteiger partial charge in [-0.2, -0.15) is 13.5 Å². The van der Waals surface area contributed by atoms with Gasteiger partial charge in [-0.25, -0.2) is 0 Å². The molecular weight excluding hydrogens is 437 g/mol. The van der Waals surface area contributed by atoms with Crippen molar-refractivity contribution in [3.05, 3.63) is 53.1 Å². The zero-order valence-electron chi connectivity index (χ0n) is 16.2. The third-order valence-corrected chi connectivity index (χ3v) is 5.52. The van der Waals surface area contributed by atoms with E-state index in [-0.39, 0.29) is 34.3 Å². The van der Waals surface area contributed by atoms with Crippen molar-refractivity contribution in [3.63, 3.8) is 0 Å². The monoisotopic (exact) mass is 461 g/mol. The van der Waals surface area contributed by atoms with Crippen LogP contribution < -0.4 is 20.1 Å². The predicted octanol–water partition coefficient (Wildman–Crippen LogP) is 4.22. The molecule has 1 atom stereocenters. The first-order valence-corrected chi connectivity index (χ1v) is 10.6. The molecule has 0 heterocycles. The number of hydrazone groups is 1. The lowest BCUT2D eigenvalue weighted by Crippen LogP contribution is -2.33. The first kappa shape index (κ1) is 24.9. The molecule has 0 amide bonds. The van der Waals surface area contributed by atoms with E-state index >= 15 is 0 Å². The number of unbranched alkanes of at least 4 members (excludes halogenated alkanes) is 1. The Hall–Kier alpha value is -2.16. The zero-order valence-corrected chi connectivity index (χ0v) is 18.6. The lowest BCUT2D eigenvalue weighted by Gasteiger charge is -2.19. The highest BCUT2D eigenvalue weighted by molar-refractivity contribution is 7.87. The number of nitrogens with one attached hydrogen (secondary N) is 1. The fourth-order valence-corrected chi connectivity index (χ4v) is 3.92. The van der Waals surface area contributed by atoms with Crippen molar-refractivity contribution in [2.45, 2.75) is 44.2 Å². The normalized spacial score (nSPS) is 12.2. The molecule has 0 saturated carbocycles. The van der Waals surface area contributed by atoms with Gasteiger partial charge in [-0.3, -0.25) is 0 Å². The number of hydrogen-bond acceptors (Lipinski definition) is 6. The van der Waals surface area contributed by atoms with Gasteiger partial charge in [0.25, 0.3) is 0 Å². The molecule has 160 valence electrons. The second-order valence-electron chi connectivity index (χ2n) is 6.14. The summed E-state index contributed by atoms with van der Waals surface area (Å²) in [5.74, 6) is 5.74. The van der Waals surface area contributed by atoms with Crippen LogP contribution in [0.4, 0.5) is 0 Å². The fraction of sp³-hybridized carbons (Fsp3) is 0.316. The van der Waals surface area contributed by atoms with Crippen LogP contribution in [0, 0.1) is 6.92 Å². The van der Waals surface area contributed by atoms with E-state index in [4.69, 9.17) is 26.4 Å². The highest BCUT2D eigenvalue weighted by atomic mass is 35.5. The summed E-state index contributed by atoms with van der Waals surface area (Å²) in [5.41, 5.74) is 0.781. The largest absolute Gasteiger partial charge is 0.471 e. The summed E-state index contributed by atoms with van der Waals surface area (Å²) in [7, 11) is -4.08. The first-order chi connectivity index (χ1) is 13.4. The molecule has 7 nitrogen and oxygen atoms in total. The summed E-state index contributed by atoms with van der Waals surface area (Å²) in [4.78, 5) is -0.0951. The van der Waals surface area contributed by atoms with Crippen molar-refractivity contribution >= 4 is 40.5 Å². The molecule has 0 aliphatic rings. The van der Waals surface area contributed by atoms with Gasteiger partial charge in [0, 0.05) is 12.5 Å². The molecule has 1 unspecified atom stereocenters. The van der Waals surface area contributed by atoms with E-state index in [1.165, 1.54) is 24.5 Å². The molecule has 2 aromatic rings. The predicted molar refractivity (Wildman–Crippen MR) is 117 cm³/mol. The minimum absolute atomic E-state index is 0. The summed E-state index contributed by atoms with van der Waals surface area (Å²) < 4.78 is 36.3. The Morgan fingerprint density at radius 1 is 1.24 bits per heavy atom. The third kappa shape index (κ3) is 7.64. The van der Waals surface area contributed by atoms with Crippen LogP contribution in [0.15, 0.2) is 52.5 Å². The van der Waals surface area contributed by atoms with E-state index in [1.54, 1.807) is 24.3 Å². The minimum Gasteiger partial charge on any atom is -0.471 e. The molecular formula is C19H25Cl2N3O4S. The molecule has 0 aliphatic carbocycles. The Morgan fingerprint density at radius 2 is 1.93 bits per heavy atom. The number of ether oxygens (including phenoxy) is 1. The Morgan fingerprint density at radius 3 is 2.59 bits per heavy atom. The summed E-state index contributed by atoms with van der Waals surface area (Å²) in [6, 6.07) is 11.0. The Kier molecular flexibility index (Phi) is 10.1. The molecule has 3 N–H and O–H groups in total. The Bertz CT molecular complexity index is 923. The number of benzene rings is 2. The SMILES string of the molecule is CCCCC(NC=NN)Oc1cc(C)cc(OS(=O)(=O)c2ccccc2Cl)c1.Cl. The van der Waals surface area contributed by atoms with Gasteiger partial charge in [0.1, 0.15) is 22.7 Å². The first-order valence-electron chi connectivity index (χ1n) is 8.81. The lowest BCUT2D eigenvalue weighted by atomic mass is 10.2. The van der Waals surface area contributed by atoms with Gasteiger partial charge in [0.2, 0.25) is 0 Å². The molecule has 29 heavy (non-hydrogen) atoms. The topological polar surface area (TPSA) is 103 Å². The maximum absolute atomic E-state index is 12.6. The molecule has 0 aromatic heterocycles. The highest BCUT2D eigenvalue weighted by Crippen LogP contribution is 2.28. The van der Waals surface area contributed by atoms with Crippen LogP contribution in [-0.2, 0) is 10.1 Å². The summed E-state index contributed by atoms with van der Waals surface area (Å²) in [6.07, 6.45) is 3.66. The molecule has 0 spiro atoms. The number of rotatable bonds is 10. The van der Waals surface area contributed by atoms with Crippen molar-refractivity contribution < 1.29 is 17.3 Å². The number of nitrogens with two attached hydrogens (primary N) is 1. The van der Waals surface area contributed by atoms with E-state index in [2.05, 4.69) is 17.3 Å². The quantitative estimate of drug-likeness (QED) is 0.137. The molecule has 0 saturated heterocycles. The molecule has 2 aromatic carbocycles. The third-order valence-electron chi connectivity index (χ3n) is 3.77. The van der Waals surface area contributed by atoms with Gasteiger partial charge in [-0.1, -0.05) is 37.1 Å². The van der Waals surface area contributed by atoms with E-state index < -0.39 is 10.1 Å². The van der Waals surface area contributed by atoms with E-state index in [9.17, 15) is 8.42 Å². The van der Waals surface area contributed by atoms with Crippen LogP contribution in [-0.4, -0.2) is 21.0 Å². The maximum Gasteiger partial charge on any atom is 0.340 e. The van der Waals surface area contributed by atoms with Gasteiger partial charge in [0.15, 0.2) is 6.23 Å². The van der Waals surface area contributed by atoms with E-state index in [0.717, 1.165) is 24.8 Å². The van der Waals surface area contributed by atoms with Gasteiger partial charge >= 0.3 is 10.1 Å². The molecule has 0 fully saturated rings. The Balaban J connectivity index is 0.00000420. The number of aryl methyl sites for hydroxylation is 1. The minimum atomic E-state index is -4.08. The average Bonchev–Trinajstić information content (AvgIpc) is 2.63. The maximum atomic E-state index is 12.6. The zero-order chi connectivity index (χ0) is 20.6.